The van der Waals surface area contributed by atoms with E-state index in [0.717, 1.165) is 5.56 Å². The van der Waals surface area contributed by atoms with E-state index in [1.807, 2.05) is 0 Å². The number of carbonyl (C=O) groups is 2. The monoisotopic (exact) mass is 389 g/mol. The third-order valence-corrected chi connectivity index (χ3v) is 3.96. The number of carboxylic acids is 1. The maximum absolute atomic E-state index is 11.9. The number of halogens is 2. The maximum atomic E-state index is 11.9. The Morgan fingerprint density at radius 1 is 1.28 bits per heavy atom. The van der Waals surface area contributed by atoms with Gasteiger partial charge in [-0.25, -0.2) is 4.79 Å². The first-order chi connectivity index (χ1) is 11.8. The van der Waals surface area contributed by atoms with E-state index in [-0.39, 0.29) is 18.9 Å². The van der Waals surface area contributed by atoms with Crippen LogP contribution in [0.5, 0.6) is 0 Å². The highest BCUT2D eigenvalue weighted by molar-refractivity contribution is 6.42. The number of guanidine groups is 1. The number of benzene rings is 1. The predicted octanol–water partition coefficient (Wildman–Crippen LogP) is 0.916. The average Bonchev–Trinajstić information content (AvgIpc) is 2.53. The fourth-order valence-electron chi connectivity index (χ4n) is 2.00. The zero-order valence-corrected chi connectivity index (χ0v) is 15.0. The second-order valence-corrected chi connectivity index (χ2v) is 6.11. The lowest BCUT2D eigenvalue weighted by atomic mass is 10.1. The average molecular weight is 390 g/mol. The Morgan fingerprint density at radius 3 is 2.60 bits per heavy atom. The van der Waals surface area contributed by atoms with E-state index < -0.39 is 17.9 Å². The lowest BCUT2D eigenvalue weighted by Gasteiger charge is -2.15. The normalized spacial score (nSPS) is 11.6. The maximum Gasteiger partial charge on any atom is 0.326 e. The van der Waals surface area contributed by atoms with Crippen LogP contribution in [0.4, 0.5) is 0 Å². The standard InChI is InChI=1S/C15H21Cl2N5O3/c16-10-4-3-9(6-11(10)17)7-20-8-13(23)22-12(14(24)25)2-1-5-21-15(18)19/h3-4,6,12,20H,1-2,5,7-8H2,(H,22,23)(H,24,25)(H4,18,19,21)/t12-/m0/s1. The summed E-state index contributed by atoms with van der Waals surface area (Å²) in [6, 6.07) is 4.14. The van der Waals surface area contributed by atoms with Crippen molar-refractivity contribution in [3.8, 4) is 0 Å². The molecule has 25 heavy (non-hydrogen) atoms. The minimum atomic E-state index is -1.11. The molecule has 0 aliphatic rings. The number of hydrogen-bond donors (Lipinski definition) is 6. The molecule has 1 rings (SSSR count). The van der Waals surface area contributed by atoms with Crippen LogP contribution in [0.25, 0.3) is 0 Å². The summed E-state index contributed by atoms with van der Waals surface area (Å²) < 4.78 is 0. The fourth-order valence-corrected chi connectivity index (χ4v) is 2.32. The Labute approximate surface area is 155 Å². The van der Waals surface area contributed by atoms with E-state index in [1.54, 1.807) is 18.2 Å². The molecule has 0 heterocycles. The smallest absolute Gasteiger partial charge is 0.326 e. The van der Waals surface area contributed by atoms with Crippen LogP contribution in [0, 0.1) is 5.41 Å². The zero-order valence-electron chi connectivity index (χ0n) is 13.4. The van der Waals surface area contributed by atoms with E-state index in [9.17, 15) is 9.59 Å². The van der Waals surface area contributed by atoms with Crippen molar-refractivity contribution < 1.29 is 14.7 Å². The molecular weight excluding hydrogens is 369 g/mol. The molecule has 7 N–H and O–H groups in total. The lowest BCUT2D eigenvalue weighted by molar-refractivity contribution is -0.141. The Balaban J connectivity index is 2.35. The highest BCUT2D eigenvalue weighted by Gasteiger charge is 2.19. The number of carbonyl (C=O) groups excluding carboxylic acids is 1. The second-order valence-electron chi connectivity index (χ2n) is 5.29. The summed E-state index contributed by atoms with van der Waals surface area (Å²) in [5, 5.41) is 25.0. The largest absolute Gasteiger partial charge is 0.480 e. The van der Waals surface area contributed by atoms with Gasteiger partial charge in [-0.05, 0) is 30.5 Å². The first-order valence-electron chi connectivity index (χ1n) is 7.54. The SMILES string of the molecule is N=C(N)NCCC[C@H](NC(=O)CNCc1ccc(Cl)c(Cl)c1)C(=O)O. The molecule has 0 saturated heterocycles. The molecule has 8 nitrogen and oxygen atoms in total. The topological polar surface area (TPSA) is 140 Å². The number of rotatable bonds is 10. The molecule has 138 valence electrons. The molecule has 0 saturated carbocycles. The summed E-state index contributed by atoms with van der Waals surface area (Å²) >= 11 is 11.7. The molecule has 0 aromatic heterocycles. The van der Waals surface area contributed by atoms with Crippen molar-refractivity contribution in [3.63, 3.8) is 0 Å². The molecule has 0 unspecified atom stereocenters. The van der Waals surface area contributed by atoms with Crippen molar-refractivity contribution in [2.45, 2.75) is 25.4 Å². The summed E-state index contributed by atoms with van der Waals surface area (Å²) in [5.41, 5.74) is 5.99. The van der Waals surface area contributed by atoms with Gasteiger partial charge in [0.05, 0.1) is 16.6 Å². The van der Waals surface area contributed by atoms with E-state index in [4.69, 9.17) is 39.5 Å². The van der Waals surface area contributed by atoms with E-state index in [2.05, 4.69) is 16.0 Å². The van der Waals surface area contributed by atoms with Gasteiger partial charge in [0.15, 0.2) is 5.96 Å². The highest BCUT2D eigenvalue weighted by atomic mass is 35.5. The van der Waals surface area contributed by atoms with Crippen molar-refractivity contribution in [1.29, 1.82) is 5.41 Å². The molecule has 1 atom stereocenters. The second kappa shape index (κ2) is 10.8. The minimum Gasteiger partial charge on any atom is -0.480 e. The molecule has 0 bridgehead atoms. The molecule has 0 aliphatic carbocycles. The summed E-state index contributed by atoms with van der Waals surface area (Å²) in [5.74, 6) is -1.71. The molecule has 0 aliphatic heterocycles. The van der Waals surface area contributed by atoms with Crippen LogP contribution in [-0.4, -0.2) is 42.1 Å². The molecule has 0 spiro atoms. The van der Waals surface area contributed by atoms with Crippen LogP contribution in [0.3, 0.4) is 0 Å². The lowest BCUT2D eigenvalue weighted by Crippen LogP contribution is -2.45. The van der Waals surface area contributed by atoms with E-state index >= 15 is 0 Å². The first-order valence-corrected chi connectivity index (χ1v) is 8.30. The Kier molecular flexibility index (Phi) is 9.04. The minimum absolute atomic E-state index is 0.0320. The number of amides is 1. The highest BCUT2D eigenvalue weighted by Crippen LogP contribution is 2.22. The van der Waals surface area contributed by atoms with E-state index in [1.165, 1.54) is 0 Å². The number of nitrogens with two attached hydrogens (primary N) is 1. The van der Waals surface area contributed by atoms with Crippen LogP contribution in [0.15, 0.2) is 18.2 Å². The van der Waals surface area contributed by atoms with Crippen molar-refractivity contribution in [3.05, 3.63) is 33.8 Å². The van der Waals surface area contributed by atoms with Gasteiger partial charge in [0.2, 0.25) is 5.91 Å². The van der Waals surface area contributed by atoms with Crippen LogP contribution in [0.1, 0.15) is 18.4 Å². The van der Waals surface area contributed by atoms with Gasteiger partial charge in [0, 0.05) is 13.1 Å². The quantitative estimate of drug-likeness (QED) is 0.199. The number of hydrogen-bond acceptors (Lipinski definition) is 4. The van der Waals surface area contributed by atoms with Gasteiger partial charge in [0.25, 0.3) is 0 Å². The van der Waals surface area contributed by atoms with Crippen LogP contribution >= 0.6 is 23.2 Å². The first kappa shape index (κ1) is 21.0. The van der Waals surface area contributed by atoms with Gasteiger partial charge >= 0.3 is 5.97 Å². The van der Waals surface area contributed by atoms with Gasteiger partial charge in [-0.3, -0.25) is 10.2 Å². The van der Waals surface area contributed by atoms with Gasteiger partial charge in [0.1, 0.15) is 6.04 Å². The summed E-state index contributed by atoms with van der Waals surface area (Å²) in [4.78, 5) is 23.0. The number of aliphatic carboxylic acids is 1. The third kappa shape index (κ3) is 8.57. The summed E-state index contributed by atoms with van der Waals surface area (Å²) in [6.07, 6.45) is 0.682. The molecule has 10 heteroatoms. The van der Waals surface area contributed by atoms with Crippen LogP contribution in [0.2, 0.25) is 10.0 Å². The Bertz CT molecular complexity index is 627. The molecular formula is C15H21Cl2N5O3. The van der Waals surface area contributed by atoms with Crippen molar-refractivity contribution in [1.82, 2.24) is 16.0 Å². The van der Waals surface area contributed by atoms with Gasteiger partial charge in [-0.15, -0.1) is 0 Å². The molecule has 1 aromatic carbocycles. The van der Waals surface area contributed by atoms with Crippen LogP contribution < -0.4 is 21.7 Å². The number of carboxylic acid groups (broad SMARTS) is 1. The molecule has 0 radical (unpaired) electrons. The zero-order chi connectivity index (χ0) is 18.8. The van der Waals surface area contributed by atoms with Crippen molar-refractivity contribution >= 4 is 41.0 Å². The summed E-state index contributed by atoms with van der Waals surface area (Å²) in [6.45, 7) is 0.727. The number of nitrogens with one attached hydrogen (secondary N) is 4. The Morgan fingerprint density at radius 2 is 2.00 bits per heavy atom. The van der Waals surface area contributed by atoms with Gasteiger partial charge in [-0.2, -0.15) is 0 Å². The molecule has 1 aromatic rings. The fraction of sp³-hybridized carbons (Fsp3) is 0.400. The van der Waals surface area contributed by atoms with Crippen molar-refractivity contribution in [2.24, 2.45) is 5.73 Å². The third-order valence-electron chi connectivity index (χ3n) is 3.22. The van der Waals surface area contributed by atoms with Gasteiger partial charge in [-0.1, -0.05) is 29.3 Å². The van der Waals surface area contributed by atoms with Gasteiger partial charge < -0.3 is 26.8 Å². The Hall–Kier alpha value is -2.03. The molecule has 1 amide bonds. The van der Waals surface area contributed by atoms with E-state index in [0.29, 0.717) is 29.6 Å². The predicted molar refractivity (Wildman–Crippen MR) is 96.9 cm³/mol. The van der Waals surface area contributed by atoms with Crippen LogP contribution in [-0.2, 0) is 16.1 Å². The van der Waals surface area contributed by atoms with Crippen molar-refractivity contribution in [2.75, 3.05) is 13.1 Å². The summed E-state index contributed by atoms with van der Waals surface area (Å²) in [7, 11) is 0. The molecule has 0 fully saturated rings.